The van der Waals surface area contributed by atoms with Crippen LogP contribution in [-0.2, 0) is 44.2 Å². The first-order chi connectivity index (χ1) is 26.5. The van der Waals surface area contributed by atoms with Crippen LogP contribution in [0.3, 0.4) is 0 Å². The van der Waals surface area contributed by atoms with Crippen molar-refractivity contribution in [2.75, 3.05) is 39.1 Å². The van der Waals surface area contributed by atoms with Gasteiger partial charge < -0.3 is 19.3 Å². The first kappa shape index (κ1) is 37.4. The zero-order valence-corrected chi connectivity index (χ0v) is 32.7. The molecule has 0 aliphatic carbocycles. The Morgan fingerprint density at radius 2 is 1.51 bits per heavy atom. The molecule has 7 rings (SSSR count). The molecule has 0 saturated carbocycles. The molecule has 4 aromatic carbocycles. The lowest BCUT2D eigenvalue weighted by atomic mass is 9.89. The van der Waals surface area contributed by atoms with Crippen LogP contribution in [0.2, 0.25) is 0 Å². The van der Waals surface area contributed by atoms with Crippen molar-refractivity contribution in [3.63, 3.8) is 0 Å². The lowest BCUT2D eigenvalue weighted by molar-refractivity contribution is -0.131. The average molecular weight is 732 g/mol. The Bertz CT molecular complexity index is 2330. The molecule has 3 heterocycles. The number of hydrogen-bond donors (Lipinski definition) is 0. The second kappa shape index (κ2) is 15.8. The molecule has 0 saturated heterocycles. The monoisotopic (exact) mass is 731 g/mol. The Kier molecular flexibility index (Phi) is 10.8. The largest absolute Gasteiger partial charge is 0.347 e. The summed E-state index contributed by atoms with van der Waals surface area (Å²) in [6.07, 6.45) is 1.69. The standard InChI is InChI=1S/C47H49N5O3/c1-32-25-35-16-12-13-18-38(35)31-52(32)47(55)43-27-39-30-51(45(53)28-36-17-11-10-15-34(36)19-14-23-48(3)4)24-22-37(39)26-42(43)44-29-41(33(2)49(44)5)46(54)50(6)40-20-8-7-9-21-40/h7-13,15-18,20-21,26-27,29,32H,22-25,28,30-31H2,1-6H3/t32-/m1/s1. The molecule has 55 heavy (non-hydrogen) atoms. The van der Waals surface area contributed by atoms with Crippen molar-refractivity contribution < 1.29 is 14.4 Å². The number of amides is 3. The molecule has 0 unspecified atom stereocenters. The van der Waals surface area contributed by atoms with Crippen molar-refractivity contribution in [1.82, 2.24) is 19.3 Å². The molecule has 1 aromatic heterocycles. The third-order valence-electron chi connectivity index (χ3n) is 11.2. The van der Waals surface area contributed by atoms with E-state index in [1.165, 1.54) is 5.56 Å². The summed E-state index contributed by atoms with van der Waals surface area (Å²) in [5, 5.41) is 0. The minimum atomic E-state index is -0.114. The van der Waals surface area contributed by atoms with Gasteiger partial charge in [0.05, 0.1) is 18.5 Å². The summed E-state index contributed by atoms with van der Waals surface area (Å²) in [6, 6.07) is 31.9. The first-order valence-electron chi connectivity index (χ1n) is 19.0. The fourth-order valence-corrected chi connectivity index (χ4v) is 7.80. The number of hydrogen-bond acceptors (Lipinski definition) is 4. The summed E-state index contributed by atoms with van der Waals surface area (Å²) in [5.74, 6) is 6.32. The molecule has 2 aliphatic heterocycles. The van der Waals surface area contributed by atoms with Crippen LogP contribution in [0.15, 0.2) is 97.1 Å². The highest BCUT2D eigenvalue weighted by Crippen LogP contribution is 2.36. The highest BCUT2D eigenvalue weighted by Gasteiger charge is 2.32. The van der Waals surface area contributed by atoms with E-state index < -0.39 is 0 Å². The Morgan fingerprint density at radius 3 is 2.27 bits per heavy atom. The van der Waals surface area contributed by atoms with Gasteiger partial charge in [-0.05, 0) is 105 Å². The molecule has 0 radical (unpaired) electrons. The van der Waals surface area contributed by atoms with Crippen LogP contribution in [0.4, 0.5) is 5.69 Å². The second-order valence-corrected chi connectivity index (χ2v) is 15.1. The fraction of sp³-hybridized carbons (Fsp3) is 0.298. The molecule has 3 amide bonds. The van der Waals surface area contributed by atoms with Crippen LogP contribution < -0.4 is 4.90 Å². The second-order valence-electron chi connectivity index (χ2n) is 15.1. The van der Waals surface area contributed by atoms with Gasteiger partial charge in [-0.25, -0.2) is 0 Å². The highest BCUT2D eigenvalue weighted by molar-refractivity contribution is 6.08. The lowest BCUT2D eigenvalue weighted by Crippen LogP contribution is -2.43. The molecule has 0 fully saturated rings. The topological polar surface area (TPSA) is 69.1 Å². The van der Waals surface area contributed by atoms with Crippen molar-refractivity contribution in [3.8, 4) is 23.1 Å². The Morgan fingerprint density at radius 1 is 0.800 bits per heavy atom. The third-order valence-corrected chi connectivity index (χ3v) is 11.2. The zero-order chi connectivity index (χ0) is 38.8. The van der Waals surface area contributed by atoms with Gasteiger partial charge in [0.2, 0.25) is 5.91 Å². The van der Waals surface area contributed by atoms with Crippen LogP contribution in [0.1, 0.15) is 66.7 Å². The number of carbonyl (C=O) groups excluding carboxylic acids is 3. The fourth-order valence-electron chi connectivity index (χ4n) is 7.80. The van der Waals surface area contributed by atoms with E-state index in [1.807, 2.05) is 120 Å². The van der Waals surface area contributed by atoms with Gasteiger partial charge in [0.1, 0.15) is 0 Å². The van der Waals surface area contributed by atoms with Gasteiger partial charge in [-0.3, -0.25) is 19.3 Å². The Labute approximate surface area is 325 Å². The normalized spacial score (nSPS) is 14.9. The van der Waals surface area contributed by atoms with Gasteiger partial charge in [0.25, 0.3) is 11.8 Å². The maximum atomic E-state index is 14.9. The Hall–Kier alpha value is -5.91. The highest BCUT2D eigenvalue weighted by atomic mass is 16.2. The molecule has 0 bridgehead atoms. The number of nitrogens with zero attached hydrogens (tertiary/aromatic N) is 5. The molecular formula is C47H49N5O3. The van der Waals surface area contributed by atoms with Crippen molar-refractivity contribution in [2.24, 2.45) is 7.05 Å². The number of carbonyl (C=O) groups is 3. The van der Waals surface area contributed by atoms with Crippen LogP contribution in [0.25, 0.3) is 11.3 Å². The lowest BCUT2D eigenvalue weighted by Gasteiger charge is -2.36. The van der Waals surface area contributed by atoms with E-state index in [0.29, 0.717) is 43.7 Å². The van der Waals surface area contributed by atoms with E-state index in [0.717, 1.165) is 56.9 Å². The molecule has 8 nitrogen and oxygen atoms in total. The molecule has 0 N–H and O–H groups in total. The van der Waals surface area contributed by atoms with Crippen LogP contribution in [0, 0.1) is 18.8 Å². The van der Waals surface area contributed by atoms with Crippen LogP contribution in [0.5, 0.6) is 0 Å². The minimum absolute atomic E-state index is 0.00272. The summed E-state index contributed by atoms with van der Waals surface area (Å²) >= 11 is 0. The molecular weight excluding hydrogens is 683 g/mol. The van der Waals surface area contributed by atoms with E-state index in [4.69, 9.17) is 0 Å². The number of anilines is 1. The molecule has 2 aliphatic rings. The summed E-state index contributed by atoms with van der Waals surface area (Å²) in [6.45, 7) is 6.21. The number of aromatic nitrogens is 1. The van der Waals surface area contributed by atoms with Crippen molar-refractivity contribution in [1.29, 1.82) is 0 Å². The van der Waals surface area contributed by atoms with Crippen molar-refractivity contribution in [3.05, 3.63) is 147 Å². The summed E-state index contributed by atoms with van der Waals surface area (Å²) in [7, 11) is 7.72. The first-order valence-corrected chi connectivity index (χ1v) is 19.0. The quantitative estimate of drug-likeness (QED) is 0.171. The summed E-state index contributed by atoms with van der Waals surface area (Å²) in [4.78, 5) is 50.3. The van der Waals surface area contributed by atoms with E-state index in [-0.39, 0.29) is 30.2 Å². The zero-order valence-electron chi connectivity index (χ0n) is 32.7. The molecule has 8 heteroatoms. The predicted octanol–water partition coefficient (Wildman–Crippen LogP) is 6.90. The average Bonchev–Trinajstić information content (AvgIpc) is 3.49. The number of benzene rings is 4. The van der Waals surface area contributed by atoms with E-state index in [2.05, 4.69) is 43.0 Å². The molecule has 280 valence electrons. The molecule has 1 atom stereocenters. The summed E-state index contributed by atoms with van der Waals surface area (Å²) < 4.78 is 2.02. The van der Waals surface area contributed by atoms with Crippen molar-refractivity contribution >= 4 is 23.4 Å². The number of para-hydroxylation sites is 1. The molecule has 0 spiro atoms. The Balaban J connectivity index is 1.24. The van der Waals surface area contributed by atoms with Gasteiger partial charge in [-0.2, -0.15) is 0 Å². The smallest absolute Gasteiger partial charge is 0.259 e. The van der Waals surface area contributed by atoms with Crippen LogP contribution >= 0.6 is 0 Å². The molecule has 5 aromatic rings. The SMILES string of the molecule is Cc1c(C(=O)N(C)c2ccccc2)cc(-c2cc3c(cc2C(=O)N2Cc4ccccc4C[C@H]2C)CN(C(=O)Cc2ccccc2C#CCN(C)C)CC3)n1C. The number of fused-ring (bicyclic) bond motifs is 2. The van der Waals surface area contributed by atoms with Gasteiger partial charge in [0.15, 0.2) is 0 Å². The van der Waals surface area contributed by atoms with Crippen molar-refractivity contribution in [2.45, 2.75) is 52.2 Å². The van der Waals surface area contributed by atoms with Gasteiger partial charge in [-0.15, -0.1) is 0 Å². The van der Waals surface area contributed by atoms with E-state index >= 15 is 0 Å². The van der Waals surface area contributed by atoms with Crippen LogP contribution in [-0.4, -0.2) is 77.3 Å². The maximum absolute atomic E-state index is 14.9. The summed E-state index contributed by atoms with van der Waals surface area (Å²) in [5.41, 5.74) is 10.7. The van der Waals surface area contributed by atoms with E-state index in [9.17, 15) is 14.4 Å². The van der Waals surface area contributed by atoms with Gasteiger partial charge in [0, 0.05) is 73.5 Å². The minimum Gasteiger partial charge on any atom is -0.347 e. The third kappa shape index (κ3) is 7.71. The van der Waals surface area contributed by atoms with E-state index in [1.54, 1.807) is 11.9 Å². The maximum Gasteiger partial charge on any atom is 0.259 e. The van der Waals surface area contributed by atoms with Gasteiger partial charge >= 0.3 is 0 Å². The van der Waals surface area contributed by atoms with Gasteiger partial charge in [-0.1, -0.05) is 72.5 Å². The number of rotatable bonds is 7. The predicted molar refractivity (Wildman–Crippen MR) is 219 cm³/mol.